The minimum atomic E-state index is -0.181. The lowest BCUT2D eigenvalue weighted by Gasteiger charge is -2.17. The molecule has 2 atom stereocenters. The maximum Gasteiger partial charge on any atom is 0.127 e. The molecule has 0 radical (unpaired) electrons. The summed E-state index contributed by atoms with van der Waals surface area (Å²) in [5.41, 5.74) is 5.86. The van der Waals surface area contributed by atoms with Gasteiger partial charge in [-0.1, -0.05) is 24.3 Å². The van der Waals surface area contributed by atoms with Gasteiger partial charge in [0.15, 0.2) is 0 Å². The summed E-state index contributed by atoms with van der Waals surface area (Å²) in [4.78, 5) is 0. The standard InChI is InChI=1S/C18H23FO2P2/c1-20-8-15-5-12(10-22)6-16(9-21-2)18(15)13-3-4-14(11-23)17(19)7-13/h3-7H,8-11,22-23H2,1-2H3. The van der Waals surface area contributed by atoms with E-state index in [1.54, 1.807) is 20.3 Å². The molecule has 2 unspecified atom stereocenters. The van der Waals surface area contributed by atoms with Crippen LogP contribution in [0.15, 0.2) is 30.3 Å². The summed E-state index contributed by atoms with van der Waals surface area (Å²) in [5.74, 6) is -0.181. The molecule has 0 saturated heterocycles. The van der Waals surface area contributed by atoms with E-state index in [2.05, 4.69) is 30.6 Å². The molecule has 0 aliphatic heterocycles. The highest BCUT2D eigenvalue weighted by molar-refractivity contribution is 7.15. The van der Waals surface area contributed by atoms with Crippen LogP contribution in [-0.4, -0.2) is 14.2 Å². The van der Waals surface area contributed by atoms with Crippen molar-refractivity contribution in [3.8, 4) is 11.1 Å². The predicted molar refractivity (Wildman–Crippen MR) is 100 cm³/mol. The van der Waals surface area contributed by atoms with E-state index in [9.17, 15) is 4.39 Å². The summed E-state index contributed by atoms with van der Waals surface area (Å²) >= 11 is 0. The quantitative estimate of drug-likeness (QED) is 0.682. The van der Waals surface area contributed by atoms with Gasteiger partial charge in [-0.05, 0) is 51.8 Å². The molecule has 0 heterocycles. The van der Waals surface area contributed by atoms with Gasteiger partial charge in [-0.3, -0.25) is 0 Å². The zero-order valence-corrected chi connectivity index (χ0v) is 15.9. The van der Waals surface area contributed by atoms with Crippen molar-refractivity contribution in [2.45, 2.75) is 25.5 Å². The summed E-state index contributed by atoms with van der Waals surface area (Å²) in [6.07, 6.45) is 1.46. The highest BCUT2D eigenvalue weighted by Crippen LogP contribution is 2.32. The Balaban J connectivity index is 2.64. The third-order valence-electron chi connectivity index (χ3n) is 3.76. The lowest BCUT2D eigenvalue weighted by Crippen LogP contribution is -2.02. The first-order chi connectivity index (χ1) is 11.1. The molecule has 0 saturated carbocycles. The largest absolute Gasteiger partial charge is 0.380 e. The van der Waals surface area contributed by atoms with Gasteiger partial charge in [0.2, 0.25) is 0 Å². The van der Waals surface area contributed by atoms with E-state index in [0.717, 1.165) is 28.4 Å². The maximum absolute atomic E-state index is 14.2. The molecule has 0 aromatic heterocycles. The summed E-state index contributed by atoms with van der Waals surface area (Å²) < 4.78 is 24.9. The lowest BCUT2D eigenvalue weighted by molar-refractivity contribution is 0.180. The van der Waals surface area contributed by atoms with Gasteiger partial charge in [-0.15, -0.1) is 18.5 Å². The number of rotatable bonds is 7. The van der Waals surface area contributed by atoms with Crippen molar-refractivity contribution < 1.29 is 13.9 Å². The van der Waals surface area contributed by atoms with Crippen LogP contribution in [0.1, 0.15) is 22.3 Å². The zero-order chi connectivity index (χ0) is 16.8. The zero-order valence-electron chi connectivity index (χ0n) is 13.6. The summed E-state index contributed by atoms with van der Waals surface area (Å²) in [7, 11) is 8.63. The molecular formula is C18H23FO2P2. The van der Waals surface area contributed by atoms with Crippen molar-refractivity contribution in [3.05, 3.63) is 58.4 Å². The van der Waals surface area contributed by atoms with Gasteiger partial charge in [0.1, 0.15) is 5.82 Å². The Morgan fingerprint density at radius 1 is 0.870 bits per heavy atom. The number of hydrogen-bond donors (Lipinski definition) is 0. The molecule has 0 spiro atoms. The third kappa shape index (κ3) is 4.37. The molecule has 2 nitrogen and oxygen atoms in total. The first-order valence-corrected chi connectivity index (χ1v) is 9.09. The Bertz CT molecular complexity index is 647. The molecule has 0 aliphatic carbocycles. The number of benzene rings is 2. The Morgan fingerprint density at radius 2 is 1.48 bits per heavy atom. The molecule has 0 aliphatic rings. The van der Waals surface area contributed by atoms with Crippen molar-refractivity contribution in [1.29, 1.82) is 0 Å². The van der Waals surface area contributed by atoms with E-state index in [4.69, 9.17) is 9.47 Å². The molecule has 2 rings (SSSR count). The fourth-order valence-electron chi connectivity index (χ4n) is 2.74. The number of halogens is 1. The summed E-state index contributed by atoms with van der Waals surface area (Å²) in [6.45, 7) is 0.967. The first-order valence-electron chi connectivity index (χ1n) is 7.46. The smallest absolute Gasteiger partial charge is 0.127 e. The van der Waals surface area contributed by atoms with Crippen LogP contribution in [0.2, 0.25) is 0 Å². The maximum atomic E-state index is 14.2. The average molecular weight is 352 g/mol. The molecule has 0 amide bonds. The number of methoxy groups -OCH3 is 2. The van der Waals surface area contributed by atoms with E-state index in [1.165, 1.54) is 5.56 Å². The van der Waals surface area contributed by atoms with E-state index < -0.39 is 0 Å². The second-order valence-electron chi connectivity index (χ2n) is 5.37. The normalized spacial score (nSPS) is 11.0. The minimum Gasteiger partial charge on any atom is -0.380 e. The lowest BCUT2D eigenvalue weighted by atomic mass is 9.92. The highest BCUT2D eigenvalue weighted by atomic mass is 31.0. The minimum absolute atomic E-state index is 0.181. The third-order valence-corrected chi connectivity index (χ3v) is 4.67. The van der Waals surface area contributed by atoms with Crippen molar-refractivity contribution in [2.75, 3.05) is 14.2 Å². The van der Waals surface area contributed by atoms with E-state index in [-0.39, 0.29) is 5.82 Å². The molecule has 0 N–H and O–H groups in total. The van der Waals surface area contributed by atoms with Gasteiger partial charge in [0, 0.05) is 14.2 Å². The molecule has 0 bridgehead atoms. The van der Waals surface area contributed by atoms with Crippen LogP contribution in [0.25, 0.3) is 11.1 Å². The number of ether oxygens (including phenoxy) is 2. The average Bonchev–Trinajstić information content (AvgIpc) is 2.55. The van der Waals surface area contributed by atoms with Gasteiger partial charge < -0.3 is 9.47 Å². The van der Waals surface area contributed by atoms with Crippen molar-refractivity contribution in [1.82, 2.24) is 0 Å². The molecule has 124 valence electrons. The summed E-state index contributed by atoms with van der Waals surface area (Å²) in [5, 5.41) is 0. The predicted octanol–water partition coefficient (Wildman–Crippen LogP) is 4.54. The van der Waals surface area contributed by atoms with Crippen LogP contribution in [0, 0.1) is 5.82 Å². The van der Waals surface area contributed by atoms with Gasteiger partial charge in [0.05, 0.1) is 13.2 Å². The molecule has 5 heteroatoms. The van der Waals surface area contributed by atoms with Crippen molar-refractivity contribution >= 4 is 18.5 Å². The fourth-order valence-corrected chi connectivity index (χ4v) is 3.30. The van der Waals surface area contributed by atoms with Crippen LogP contribution in [-0.2, 0) is 35.0 Å². The topological polar surface area (TPSA) is 18.5 Å². The van der Waals surface area contributed by atoms with E-state index in [0.29, 0.717) is 24.9 Å². The molecule has 2 aromatic carbocycles. The second kappa shape index (κ2) is 8.85. The van der Waals surface area contributed by atoms with E-state index in [1.807, 2.05) is 12.1 Å². The van der Waals surface area contributed by atoms with E-state index >= 15 is 0 Å². The van der Waals surface area contributed by atoms with Gasteiger partial charge in [-0.2, -0.15) is 0 Å². The van der Waals surface area contributed by atoms with Gasteiger partial charge >= 0.3 is 0 Å². The van der Waals surface area contributed by atoms with Crippen LogP contribution in [0.5, 0.6) is 0 Å². The van der Waals surface area contributed by atoms with Gasteiger partial charge in [0.25, 0.3) is 0 Å². The number of hydrogen-bond acceptors (Lipinski definition) is 2. The molecule has 23 heavy (non-hydrogen) atoms. The van der Waals surface area contributed by atoms with Crippen LogP contribution in [0.3, 0.4) is 0 Å². The van der Waals surface area contributed by atoms with Crippen LogP contribution >= 0.6 is 18.5 Å². The SMILES string of the molecule is COCc1cc(CP)cc(COC)c1-c1ccc(CP)c(F)c1. The van der Waals surface area contributed by atoms with Crippen molar-refractivity contribution in [3.63, 3.8) is 0 Å². The van der Waals surface area contributed by atoms with Crippen LogP contribution in [0.4, 0.5) is 4.39 Å². The Labute approximate surface area is 142 Å². The van der Waals surface area contributed by atoms with Crippen molar-refractivity contribution in [2.24, 2.45) is 0 Å². The second-order valence-corrected chi connectivity index (χ2v) is 6.19. The highest BCUT2D eigenvalue weighted by Gasteiger charge is 2.14. The van der Waals surface area contributed by atoms with Gasteiger partial charge in [-0.25, -0.2) is 4.39 Å². The molecular weight excluding hydrogens is 329 g/mol. The molecule has 0 fully saturated rings. The monoisotopic (exact) mass is 352 g/mol. The Kier molecular flexibility index (Phi) is 7.11. The first kappa shape index (κ1) is 18.5. The fraction of sp³-hybridized carbons (Fsp3) is 0.333. The van der Waals surface area contributed by atoms with Crippen LogP contribution < -0.4 is 0 Å². The Hall–Kier alpha value is -0.850. The summed E-state index contributed by atoms with van der Waals surface area (Å²) in [6, 6.07) is 9.65. The molecule has 2 aromatic rings. The Morgan fingerprint density at radius 3 is 1.91 bits per heavy atom.